The highest BCUT2D eigenvalue weighted by atomic mass is 32.1. The third-order valence-corrected chi connectivity index (χ3v) is 2.89. The zero-order valence-electron chi connectivity index (χ0n) is 7.93. The molecule has 0 aliphatic heterocycles. The molecule has 0 aliphatic carbocycles. The molecule has 3 N–H and O–H groups in total. The van der Waals surface area contributed by atoms with Crippen LogP contribution in [0.2, 0.25) is 0 Å². The second-order valence-corrected chi connectivity index (χ2v) is 4.04. The number of hydrogen-bond donors (Lipinski definition) is 2. The molecule has 0 saturated carbocycles. The van der Waals surface area contributed by atoms with Crippen LogP contribution in [0.3, 0.4) is 0 Å². The van der Waals surface area contributed by atoms with E-state index in [1.165, 1.54) is 17.4 Å². The number of rotatable bonds is 3. The number of pyridine rings is 1. The van der Waals surface area contributed by atoms with Gasteiger partial charge >= 0.3 is 0 Å². The number of nitrogens with one attached hydrogen (secondary N) is 1. The van der Waals surface area contributed by atoms with Crippen molar-refractivity contribution in [3.8, 4) is 10.6 Å². The predicted octanol–water partition coefficient (Wildman–Crippen LogP) is 0.395. The molecule has 0 saturated heterocycles. The minimum absolute atomic E-state index is 0.120. The largest absolute Gasteiger partial charge is 0.330 e. The van der Waals surface area contributed by atoms with Crippen LogP contribution in [0.4, 0.5) is 0 Å². The summed E-state index contributed by atoms with van der Waals surface area (Å²) in [4.78, 5) is 13.5. The molecule has 0 amide bonds. The molecule has 0 spiro atoms. The number of hydrogen-bond acceptors (Lipinski definition) is 5. The van der Waals surface area contributed by atoms with Gasteiger partial charge in [-0.05, 0) is 12.6 Å². The van der Waals surface area contributed by atoms with Gasteiger partial charge in [-0.25, -0.2) is 0 Å². The summed E-state index contributed by atoms with van der Waals surface area (Å²) in [5, 5.41) is 9.74. The first-order chi connectivity index (χ1) is 7.29. The predicted molar refractivity (Wildman–Crippen MR) is 58.7 cm³/mol. The van der Waals surface area contributed by atoms with E-state index in [1.54, 1.807) is 12.3 Å². The molecule has 15 heavy (non-hydrogen) atoms. The SMILES string of the molecule is NCCc1nnc(-c2ccc(=O)[nH]c2)s1. The molecule has 78 valence electrons. The Hall–Kier alpha value is -1.53. The lowest BCUT2D eigenvalue weighted by Crippen LogP contribution is -2.01. The Kier molecular flexibility index (Phi) is 2.89. The molecule has 6 heteroatoms. The molecule has 2 heterocycles. The van der Waals surface area contributed by atoms with Crippen LogP contribution < -0.4 is 11.3 Å². The van der Waals surface area contributed by atoms with Gasteiger partial charge in [0.2, 0.25) is 5.56 Å². The van der Waals surface area contributed by atoms with Gasteiger partial charge < -0.3 is 10.7 Å². The van der Waals surface area contributed by atoms with Crippen LogP contribution in [0.15, 0.2) is 23.1 Å². The highest BCUT2D eigenvalue weighted by Crippen LogP contribution is 2.21. The highest BCUT2D eigenvalue weighted by molar-refractivity contribution is 7.14. The lowest BCUT2D eigenvalue weighted by Gasteiger charge is -1.91. The molecule has 0 fully saturated rings. The molecule has 0 bridgehead atoms. The molecule has 2 aromatic rings. The number of H-pyrrole nitrogens is 1. The van der Waals surface area contributed by atoms with Crippen LogP contribution in [0.5, 0.6) is 0 Å². The van der Waals surface area contributed by atoms with Crippen molar-refractivity contribution in [1.29, 1.82) is 0 Å². The van der Waals surface area contributed by atoms with E-state index in [2.05, 4.69) is 15.2 Å². The maximum Gasteiger partial charge on any atom is 0.247 e. The molecule has 2 aromatic heterocycles. The van der Waals surface area contributed by atoms with Crippen LogP contribution >= 0.6 is 11.3 Å². The van der Waals surface area contributed by atoms with Gasteiger partial charge in [-0.1, -0.05) is 11.3 Å². The van der Waals surface area contributed by atoms with Crippen LogP contribution in [-0.2, 0) is 6.42 Å². The van der Waals surface area contributed by atoms with Gasteiger partial charge in [-0.15, -0.1) is 10.2 Å². The summed E-state index contributed by atoms with van der Waals surface area (Å²) in [5.41, 5.74) is 6.17. The van der Waals surface area contributed by atoms with E-state index in [0.29, 0.717) is 6.54 Å². The second kappa shape index (κ2) is 4.33. The fourth-order valence-corrected chi connectivity index (χ4v) is 1.99. The maximum atomic E-state index is 10.9. The number of aromatic nitrogens is 3. The molecule has 0 radical (unpaired) electrons. The normalized spacial score (nSPS) is 10.5. The van der Waals surface area contributed by atoms with Gasteiger partial charge in [-0.3, -0.25) is 4.79 Å². The monoisotopic (exact) mass is 222 g/mol. The summed E-state index contributed by atoms with van der Waals surface area (Å²) in [6.45, 7) is 0.570. The third-order valence-electron chi connectivity index (χ3n) is 1.86. The van der Waals surface area contributed by atoms with E-state index in [1.807, 2.05) is 0 Å². The average molecular weight is 222 g/mol. The fourth-order valence-electron chi connectivity index (χ4n) is 1.14. The van der Waals surface area contributed by atoms with Crippen molar-refractivity contribution in [2.24, 2.45) is 5.73 Å². The summed E-state index contributed by atoms with van der Waals surface area (Å²) >= 11 is 1.49. The Labute approximate surface area is 90.0 Å². The van der Waals surface area contributed by atoms with E-state index in [9.17, 15) is 4.79 Å². The number of aromatic amines is 1. The lowest BCUT2D eigenvalue weighted by molar-refractivity contribution is 0.913. The Morgan fingerprint density at radius 2 is 2.27 bits per heavy atom. The quantitative estimate of drug-likeness (QED) is 0.787. The third kappa shape index (κ3) is 2.28. The number of nitrogens with two attached hydrogens (primary N) is 1. The smallest absolute Gasteiger partial charge is 0.247 e. The van der Waals surface area contributed by atoms with Crippen LogP contribution in [0.25, 0.3) is 10.6 Å². The zero-order chi connectivity index (χ0) is 10.7. The van der Waals surface area contributed by atoms with Gasteiger partial charge in [0.1, 0.15) is 10.0 Å². The molecule has 0 aliphatic rings. The highest BCUT2D eigenvalue weighted by Gasteiger charge is 2.05. The Bertz CT molecular complexity index is 484. The summed E-state index contributed by atoms with van der Waals surface area (Å²) in [5.74, 6) is 0. The first kappa shape index (κ1) is 10.0. The topological polar surface area (TPSA) is 84.7 Å². The van der Waals surface area contributed by atoms with E-state index in [0.717, 1.165) is 22.0 Å². The van der Waals surface area contributed by atoms with Gasteiger partial charge in [0, 0.05) is 24.2 Å². The summed E-state index contributed by atoms with van der Waals surface area (Å²) in [6.07, 6.45) is 2.37. The minimum atomic E-state index is -0.120. The van der Waals surface area contributed by atoms with Crippen molar-refractivity contribution >= 4 is 11.3 Å². The van der Waals surface area contributed by atoms with Crippen LogP contribution in [0.1, 0.15) is 5.01 Å². The zero-order valence-corrected chi connectivity index (χ0v) is 8.75. The van der Waals surface area contributed by atoms with Crippen molar-refractivity contribution in [2.45, 2.75) is 6.42 Å². The Balaban J connectivity index is 2.29. The lowest BCUT2D eigenvalue weighted by atomic mass is 10.3. The van der Waals surface area contributed by atoms with E-state index < -0.39 is 0 Å². The van der Waals surface area contributed by atoms with Crippen molar-refractivity contribution in [1.82, 2.24) is 15.2 Å². The first-order valence-corrected chi connectivity index (χ1v) is 5.33. The van der Waals surface area contributed by atoms with E-state index in [4.69, 9.17) is 5.73 Å². The molecular formula is C9H10N4OS. The standard InChI is InChI=1S/C9H10N4OS/c10-4-3-8-12-13-9(15-8)6-1-2-7(14)11-5-6/h1-2,5H,3-4,10H2,(H,11,14). The summed E-state index contributed by atoms with van der Waals surface area (Å²) < 4.78 is 0. The van der Waals surface area contributed by atoms with Gasteiger partial charge in [0.25, 0.3) is 0 Å². The van der Waals surface area contributed by atoms with E-state index >= 15 is 0 Å². The summed E-state index contributed by atoms with van der Waals surface area (Å²) in [7, 11) is 0. The number of nitrogens with zero attached hydrogens (tertiary/aromatic N) is 2. The fraction of sp³-hybridized carbons (Fsp3) is 0.222. The molecule has 2 rings (SSSR count). The Morgan fingerprint density at radius 3 is 2.93 bits per heavy atom. The first-order valence-electron chi connectivity index (χ1n) is 4.51. The molecular weight excluding hydrogens is 212 g/mol. The van der Waals surface area contributed by atoms with Crippen molar-refractivity contribution < 1.29 is 0 Å². The minimum Gasteiger partial charge on any atom is -0.330 e. The maximum absolute atomic E-state index is 10.9. The average Bonchev–Trinajstić information content (AvgIpc) is 2.68. The second-order valence-electron chi connectivity index (χ2n) is 2.98. The van der Waals surface area contributed by atoms with Crippen LogP contribution in [0, 0.1) is 0 Å². The molecule has 0 aromatic carbocycles. The van der Waals surface area contributed by atoms with Crippen molar-refractivity contribution in [3.63, 3.8) is 0 Å². The van der Waals surface area contributed by atoms with Crippen LogP contribution in [-0.4, -0.2) is 21.7 Å². The Morgan fingerprint density at radius 1 is 1.40 bits per heavy atom. The summed E-state index contributed by atoms with van der Waals surface area (Å²) in [6, 6.07) is 3.20. The van der Waals surface area contributed by atoms with Gasteiger partial charge in [0.05, 0.1) is 0 Å². The van der Waals surface area contributed by atoms with Crippen molar-refractivity contribution in [3.05, 3.63) is 33.7 Å². The van der Waals surface area contributed by atoms with E-state index in [-0.39, 0.29) is 5.56 Å². The van der Waals surface area contributed by atoms with Gasteiger partial charge in [-0.2, -0.15) is 0 Å². The van der Waals surface area contributed by atoms with Gasteiger partial charge in [0.15, 0.2) is 0 Å². The molecule has 0 atom stereocenters. The molecule has 0 unspecified atom stereocenters. The molecule has 5 nitrogen and oxygen atoms in total. The van der Waals surface area contributed by atoms with Crippen molar-refractivity contribution in [2.75, 3.05) is 6.54 Å².